The van der Waals surface area contributed by atoms with Crippen LogP contribution in [0.1, 0.15) is 24.6 Å². The number of aromatic nitrogens is 2. The Morgan fingerprint density at radius 3 is 2.71 bits per heavy atom. The number of carbonyl (C=O) groups excluding carboxylic acids is 2. The molecule has 1 fully saturated rings. The van der Waals surface area contributed by atoms with Crippen LogP contribution in [0.2, 0.25) is 0 Å². The first-order valence-corrected chi connectivity index (χ1v) is 8.00. The molecule has 0 aliphatic carbocycles. The summed E-state index contributed by atoms with van der Waals surface area (Å²) in [5.74, 6) is -1.22. The summed E-state index contributed by atoms with van der Waals surface area (Å²) >= 11 is 0. The van der Waals surface area contributed by atoms with Gasteiger partial charge in [-0.2, -0.15) is 0 Å². The molecule has 1 aliphatic rings. The van der Waals surface area contributed by atoms with E-state index in [1.165, 1.54) is 12.3 Å². The number of rotatable bonds is 5. The van der Waals surface area contributed by atoms with Crippen LogP contribution < -0.4 is 10.6 Å². The molecule has 2 amide bonds. The summed E-state index contributed by atoms with van der Waals surface area (Å²) in [5, 5.41) is 8.66. The fourth-order valence-electron chi connectivity index (χ4n) is 3.01. The molecule has 2 aromatic rings. The molecular formula is C16H21N5O3. The maximum Gasteiger partial charge on any atom is 0.314 e. The molecular weight excluding hydrogens is 310 g/mol. The topological polar surface area (TPSA) is 92.4 Å². The molecule has 1 unspecified atom stereocenters. The van der Waals surface area contributed by atoms with Crippen molar-refractivity contribution in [3.05, 3.63) is 36.4 Å². The summed E-state index contributed by atoms with van der Waals surface area (Å²) in [4.78, 5) is 26.2. The molecule has 0 saturated carbocycles. The lowest BCUT2D eigenvalue weighted by atomic mass is 10.1. The number of nitrogens with zero attached hydrogens (tertiary/aromatic N) is 3. The first kappa shape index (κ1) is 16.3. The van der Waals surface area contributed by atoms with Crippen LogP contribution in [0.3, 0.4) is 0 Å². The van der Waals surface area contributed by atoms with Crippen LogP contribution in [0, 0.1) is 0 Å². The van der Waals surface area contributed by atoms with Crippen molar-refractivity contribution >= 4 is 17.6 Å². The average molecular weight is 331 g/mol. The zero-order chi connectivity index (χ0) is 16.9. The standard InChI is InChI=1S/C16H21N5O3/c1-20-7-4-5-12(20)13(21-8-2-3-9-21)11-17-15(22)16(23)18-14-6-10-24-19-14/h4-7,10,13H,2-3,8-9,11H2,1H3,(H,17,22)(H,18,19,23). The van der Waals surface area contributed by atoms with Crippen LogP contribution in [-0.2, 0) is 16.6 Å². The second-order valence-corrected chi connectivity index (χ2v) is 5.85. The van der Waals surface area contributed by atoms with Crippen LogP contribution >= 0.6 is 0 Å². The van der Waals surface area contributed by atoms with Gasteiger partial charge in [0, 0.05) is 31.5 Å². The Morgan fingerprint density at radius 2 is 2.08 bits per heavy atom. The highest BCUT2D eigenvalue weighted by Crippen LogP contribution is 2.24. The molecule has 1 aliphatic heterocycles. The van der Waals surface area contributed by atoms with Crippen LogP contribution in [0.15, 0.2) is 35.2 Å². The highest BCUT2D eigenvalue weighted by Gasteiger charge is 2.26. The van der Waals surface area contributed by atoms with E-state index in [-0.39, 0.29) is 11.9 Å². The lowest BCUT2D eigenvalue weighted by Gasteiger charge is -2.28. The number of hydrogen-bond donors (Lipinski definition) is 2. The van der Waals surface area contributed by atoms with Gasteiger partial charge in [-0.15, -0.1) is 0 Å². The van der Waals surface area contributed by atoms with E-state index in [0.29, 0.717) is 6.54 Å². The first-order valence-electron chi connectivity index (χ1n) is 8.00. The highest BCUT2D eigenvalue weighted by atomic mass is 16.5. The van der Waals surface area contributed by atoms with Crippen LogP contribution in [0.25, 0.3) is 0 Å². The van der Waals surface area contributed by atoms with E-state index < -0.39 is 11.8 Å². The average Bonchev–Trinajstić information content (AvgIpc) is 3.31. The Balaban J connectivity index is 1.61. The molecule has 1 atom stereocenters. The normalized spacial score (nSPS) is 16.0. The van der Waals surface area contributed by atoms with Crippen LogP contribution in [0.4, 0.5) is 5.82 Å². The van der Waals surface area contributed by atoms with E-state index in [1.807, 2.05) is 29.9 Å². The number of likely N-dealkylation sites (tertiary alicyclic amines) is 1. The molecule has 0 bridgehead atoms. The molecule has 2 N–H and O–H groups in total. The highest BCUT2D eigenvalue weighted by molar-refractivity contribution is 6.39. The van der Waals surface area contributed by atoms with Gasteiger partial charge in [0.05, 0.1) is 6.04 Å². The van der Waals surface area contributed by atoms with Crippen molar-refractivity contribution in [2.45, 2.75) is 18.9 Å². The second-order valence-electron chi connectivity index (χ2n) is 5.85. The minimum absolute atomic E-state index is 0.0521. The zero-order valence-electron chi connectivity index (χ0n) is 13.6. The van der Waals surface area contributed by atoms with Crippen molar-refractivity contribution in [3.63, 3.8) is 0 Å². The van der Waals surface area contributed by atoms with Gasteiger partial charge in [-0.1, -0.05) is 5.16 Å². The van der Waals surface area contributed by atoms with Gasteiger partial charge in [0.1, 0.15) is 6.26 Å². The lowest BCUT2D eigenvalue weighted by molar-refractivity contribution is -0.136. The fraction of sp³-hybridized carbons (Fsp3) is 0.438. The number of nitrogens with one attached hydrogen (secondary N) is 2. The second kappa shape index (κ2) is 7.31. The van der Waals surface area contributed by atoms with E-state index >= 15 is 0 Å². The molecule has 3 heterocycles. The van der Waals surface area contributed by atoms with Gasteiger partial charge in [0.15, 0.2) is 5.82 Å². The van der Waals surface area contributed by atoms with Crippen LogP contribution in [0.5, 0.6) is 0 Å². The van der Waals surface area contributed by atoms with Gasteiger partial charge >= 0.3 is 11.8 Å². The van der Waals surface area contributed by atoms with Crippen LogP contribution in [-0.4, -0.2) is 46.1 Å². The smallest absolute Gasteiger partial charge is 0.314 e. The monoisotopic (exact) mass is 331 g/mol. The summed E-state index contributed by atoms with van der Waals surface area (Å²) < 4.78 is 6.66. The Labute approximate surface area is 139 Å². The minimum Gasteiger partial charge on any atom is -0.363 e. The maximum atomic E-state index is 12.0. The molecule has 1 saturated heterocycles. The summed E-state index contributed by atoms with van der Waals surface area (Å²) in [6.07, 6.45) is 5.62. The molecule has 2 aromatic heterocycles. The molecule has 8 heteroatoms. The maximum absolute atomic E-state index is 12.0. The summed E-state index contributed by atoms with van der Waals surface area (Å²) in [6, 6.07) is 5.56. The Bertz CT molecular complexity index is 688. The lowest BCUT2D eigenvalue weighted by Crippen LogP contribution is -2.41. The number of anilines is 1. The van der Waals surface area contributed by atoms with Crippen molar-refractivity contribution in [1.29, 1.82) is 0 Å². The SMILES string of the molecule is Cn1cccc1C(CNC(=O)C(=O)Nc1ccon1)N1CCCC1. The molecule has 8 nitrogen and oxygen atoms in total. The van der Waals surface area contributed by atoms with E-state index in [9.17, 15) is 9.59 Å². The van der Waals surface area contributed by atoms with E-state index in [2.05, 4.69) is 25.2 Å². The molecule has 0 aromatic carbocycles. The third-order valence-electron chi connectivity index (χ3n) is 4.25. The number of carbonyl (C=O) groups is 2. The van der Waals surface area contributed by atoms with Crippen molar-refractivity contribution in [2.75, 3.05) is 25.0 Å². The predicted octanol–water partition coefficient (Wildman–Crippen LogP) is 0.905. The fourth-order valence-corrected chi connectivity index (χ4v) is 3.01. The predicted molar refractivity (Wildman–Crippen MR) is 87.1 cm³/mol. The van der Waals surface area contributed by atoms with E-state index in [4.69, 9.17) is 0 Å². The van der Waals surface area contributed by atoms with Crippen molar-refractivity contribution in [3.8, 4) is 0 Å². The zero-order valence-corrected chi connectivity index (χ0v) is 13.6. The summed E-state index contributed by atoms with van der Waals surface area (Å²) in [5.41, 5.74) is 1.12. The summed E-state index contributed by atoms with van der Waals surface area (Å²) in [6.45, 7) is 2.37. The van der Waals surface area contributed by atoms with E-state index in [0.717, 1.165) is 31.6 Å². The van der Waals surface area contributed by atoms with Gasteiger partial charge < -0.3 is 14.4 Å². The Morgan fingerprint density at radius 1 is 1.29 bits per heavy atom. The quantitative estimate of drug-likeness (QED) is 0.794. The number of amides is 2. The number of hydrogen-bond acceptors (Lipinski definition) is 5. The third-order valence-corrected chi connectivity index (χ3v) is 4.25. The molecule has 0 spiro atoms. The largest absolute Gasteiger partial charge is 0.363 e. The molecule has 0 radical (unpaired) electrons. The van der Waals surface area contributed by atoms with Crippen molar-refractivity contribution in [1.82, 2.24) is 19.9 Å². The van der Waals surface area contributed by atoms with Crippen molar-refractivity contribution in [2.24, 2.45) is 7.05 Å². The van der Waals surface area contributed by atoms with E-state index in [1.54, 1.807) is 0 Å². The molecule has 24 heavy (non-hydrogen) atoms. The van der Waals surface area contributed by atoms with Gasteiger partial charge in [-0.05, 0) is 38.1 Å². The molecule has 3 rings (SSSR count). The third kappa shape index (κ3) is 3.65. The number of aryl methyl sites for hydroxylation is 1. The van der Waals surface area contributed by atoms with Gasteiger partial charge in [0.25, 0.3) is 0 Å². The molecule has 128 valence electrons. The summed E-state index contributed by atoms with van der Waals surface area (Å²) in [7, 11) is 1.98. The van der Waals surface area contributed by atoms with Gasteiger partial charge in [-0.25, -0.2) is 0 Å². The van der Waals surface area contributed by atoms with Gasteiger partial charge in [0.2, 0.25) is 0 Å². The Hall–Kier alpha value is -2.61. The first-order chi connectivity index (χ1) is 11.6. The van der Waals surface area contributed by atoms with Crippen molar-refractivity contribution < 1.29 is 14.1 Å². The minimum atomic E-state index is -0.754. The Kier molecular flexibility index (Phi) is 4.95. The van der Waals surface area contributed by atoms with Gasteiger partial charge in [-0.3, -0.25) is 19.8 Å².